The van der Waals surface area contributed by atoms with E-state index in [9.17, 15) is 19.4 Å². The lowest BCUT2D eigenvalue weighted by atomic mass is 9.88. The van der Waals surface area contributed by atoms with Gasteiger partial charge in [-0.25, -0.2) is 9.37 Å². The summed E-state index contributed by atoms with van der Waals surface area (Å²) in [5.74, 6) is 0.764. The number of ketones is 1. The van der Waals surface area contributed by atoms with Gasteiger partial charge in [-0.1, -0.05) is 0 Å². The predicted octanol–water partition coefficient (Wildman–Crippen LogP) is 4.40. The van der Waals surface area contributed by atoms with E-state index in [-0.39, 0.29) is 37.7 Å². The number of carbonyl (C=O) groups is 1. The van der Waals surface area contributed by atoms with Gasteiger partial charge in [-0.3, -0.25) is 4.79 Å². The Morgan fingerprint density at radius 2 is 2.00 bits per heavy atom. The van der Waals surface area contributed by atoms with Gasteiger partial charge in [0.2, 0.25) is 0 Å². The lowest BCUT2D eigenvalue weighted by Gasteiger charge is -2.25. The number of Topliss-reactive ketones (excluding diaryl/α,β-unsaturated/α-hetero) is 1. The second-order valence-corrected chi connectivity index (χ2v) is 10.6. The molecule has 8 nitrogen and oxygen atoms in total. The molecule has 39 heavy (non-hydrogen) atoms. The number of nitrogens with two attached hydrogens (primary N) is 1. The highest BCUT2D eigenvalue weighted by Crippen LogP contribution is 2.44. The highest BCUT2D eigenvalue weighted by molar-refractivity contribution is 5.96. The normalized spacial score (nSPS) is 18.6. The zero-order valence-electron chi connectivity index (χ0n) is 22.9. The largest absolute Gasteiger partial charge is 0.493 e. The standard InChI is InChI=1S/C30H35FN2O6/c1-17-12-20(6-8-22(17)31)27-28-21(29(3,32)16-39-28)14-26(33-27)30(4,36)11-10-23(35)19-7-9-24(25(13-19)37-5)38-15-18(2)34/h6-9,12-14,18,34,36H,10-11,15-16,32H2,1-5H3. The molecular formula is C30H35FN2O6. The van der Waals surface area contributed by atoms with Gasteiger partial charge < -0.3 is 30.2 Å². The average Bonchev–Trinajstić information content (AvgIpc) is 3.21. The number of benzene rings is 2. The third kappa shape index (κ3) is 6.06. The van der Waals surface area contributed by atoms with E-state index in [1.54, 1.807) is 57.2 Å². The Kier molecular flexibility index (Phi) is 7.97. The maximum atomic E-state index is 14.0. The molecule has 3 aromatic rings. The van der Waals surface area contributed by atoms with E-state index in [2.05, 4.69) is 0 Å². The van der Waals surface area contributed by atoms with Crippen LogP contribution in [0.15, 0.2) is 42.5 Å². The van der Waals surface area contributed by atoms with Gasteiger partial charge in [0, 0.05) is 23.1 Å². The number of aliphatic hydroxyl groups excluding tert-OH is 1. The van der Waals surface area contributed by atoms with Crippen molar-refractivity contribution in [2.24, 2.45) is 5.73 Å². The fraction of sp³-hybridized carbons (Fsp3) is 0.400. The van der Waals surface area contributed by atoms with Crippen LogP contribution in [0, 0.1) is 12.7 Å². The molecule has 2 aromatic carbocycles. The zero-order valence-corrected chi connectivity index (χ0v) is 22.9. The highest BCUT2D eigenvalue weighted by atomic mass is 19.1. The number of hydrogen-bond acceptors (Lipinski definition) is 8. The molecule has 3 atom stereocenters. The number of pyridine rings is 1. The average molecular weight is 539 g/mol. The van der Waals surface area contributed by atoms with Crippen molar-refractivity contribution < 1.29 is 33.6 Å². The minimum Gasteiger partial charge on any atom is -0.493 e. The van der Waals surface area contributed by atoms with Crippen molar-refractivity contribution in [1.29, 1.82) is 0 Å². The summed E-state index contributed by atoms with van der Waals surface area (Å²) < 4.78 is 30.8. The molecular weight excluding hydrogens is 503 g/mol. The fourth-order valence-corrected chi connectivity index (χ4v) is 4.47. The molecule has 0 saturated heterocycles. The lowest BCUT2D eigenvalue weighted by molar-refractivity contribution is 0.0396. The molecule has 1 aliphatic rings. The van der Waals surface area contributed by atoms with Crippen LogP contribution in [0.3, 0.4) is 0 Å². The summed E-state index contributed by atoms with van der Waals surface area (Å²) >= 11 is 0. The molecule has 0 radical (unpaired) electrons. The Hall–Kier alpha value is -3.53. The minimum absolute atomic E-state index is 0.0319. The lowest BCUT2D eigenvalue weighted by Crippen LogP contribution is -2.35. The number of hydrogen-bond donors (Lipinski definition) is 3. The monoisotopic (exact) mass is 538 g/mol. The molecule has 0 spiro atoms. The smallest absolute Gasteiger partial charge is 0.163 e. The molecule has 1 aromatic heterocycles. The van der Waals surface area contributed by atoms with Crippen molar-refractivity contribution in [3.8, 4) is 28.5 Å². The molecule has 0 fully saturated rings. The van der Waals surface area contributed by atoms with Crippen molar-refractivity contribution in [3.05, 3.63) is 70.7 Å². The number of aryl methyl sites for hydroxylation is 1. The van der Waals surface area contributed by atoms with Gasteiger partial charge in [-0.2, -0.15) is 0 Å². The van der Waals surface area contributed by atoms with Crippen molar-refractivity contribution in [1.82, 2.24) is 4.98 Å². The minimum atomic E-state index is -1.47. The van der Waals surface area contributed by atoms with Gasteiger partial charge in [0.15, 0.2) is 23.0 Å². The first-order chi connectivity index (χ1) is 18.3. The Labute approximate surface area is 227 Å². The summed E-state index contributed by atoms with van der Waals surface area (Å²) in [6.07, 6.45) is -0.531. The first-order valence-electron chi connectivity index (χ1n) is 12.8. The Bertz CT molecular complexity index is 1390. The molecule has 4 N–H and O–H groups in total. The molecule has 0 amide bonds. The van der Waals surface area contributed by atoms with Crippen LogP contribution in [0.1, 0.15) is 60.8 Å². The van der Waals surface area contributed by atoms with E-state index in [0.717, 1.165) is 0 Å². The Morgan fingerprint density at radius 3 is 2.67 bits per heavy atom. The second kappa shape index (κ2) is 10.9. The number of nitrogens with zero attached hydrogens (tertiary/aromatic N) is 1. The second-order valence-electron chi connectivity index (χ2n) is 10.6. The number of aromatic nitrogens is 1. The first kappa shape index (κ1) is 28.5. The van der Waals surface area contributed by atoms with Gasteiger partial charge in [0.25, 0.3) is 0 Å². The number of ether oxygens (including phenoxy) is 3. The van der Waals surface area contributed by atoms with E-state index in [1.807, 2.05) is 6.92 Å². The maximum Gasteiger partial charge on any atom is 0.163 e. The molecule has 208 valence electrons. The quantitative estimate of drug-likeness (QED) is 0.325. The number of carbonyl (C=O) groups excluding carboxylic acids is 1. The maximum absolute atomic E-state index is 14.0. The van der Waals surface area contributed by atoms with Gasteiger partial charge >= 0.3 is 0 Å². The van der Waals surface area contributed by atoms with E-state index >= 15 is 0 Å². The number of aliphatic hydroxyl groups is 2. The third-order valence-corrected chi connectivity index (χ3v) is 6.89. The van der Waals surface area contributed by atoms with E-state index in [1.165, 1.54) is 13.2 Å². The molecule has 1 aliphatic heterocycles. The summed E-state index contributed by atoms with van der Waals surface area (Å²) in [5.41, 5.74) is 7.20. The third-order valence-electron chi connectivity index (χ3n) is 6.89. The summed E-state index contributed by atoms with van der Waals surface area (Å²) in [4.78, 5) is 17.8. The van der Waals surface area contributed by atoms with Crippen molar-refractivity contribution in [2.45, 2.75) is 57.8 Å². The van der Waals surface area contributed by atoms with E-state index in [0.29, 0.717) is 50.9 Å². The van der Waals surface area contributed by atoms with Crippen LogP contribution >= 0.6 is 0 Å². The first-order valence-corrected chi connectivity index (χ1v) is 12.8. The van der Waals surface area contributed by atoms with Crippen molar-refractivity contribution >= 4 is 5.78 Å². The van der Waals surface area contributed by atoms with Crippen LogP contribution in [-0.2, 0) is 11.1 Å². The molecule has 4 rings (SSSR count). The highest BCUT2D eigenvalue weighted by Gasteiger charge is 2.38. The summed E-state index contributed by atoms with van der Waals surface area (Å²) in [5, 5.41) is 21.0. The van der Waals surface area contributed by atoms with Crippen LogP contribution in [0.25, 0.3) is 11.3 Å². The van der Waals surface area contributed by atoms with Crippen LogP contribution in [-0.4, -0.2) is 47.4 Å². The van der Waals surface area contributed by atoms with E-state index in [4.69, 9.17) is 24.9 Å². The number of fused-ring (bicyclic) bond motifs is 1. The Morgan fingerprint density at radius 1 is 1.26 bits per heavy atom. The van der Waals surface area contributed by atoms with E-state index < -0.39 is 17.2 Å². The van der Waals surface area contributed by atoms with Gasteiger partial charge in [0.1, 0.15) is 30.3 Å². The summed E-state index contributed by atoms with van der Waals surface area (Å²) in [7, 11) is 1.47. The van der Waals surface area contributed by atoms with Crippen LogP contribution < -0.4 is 19.9 Å². The number of methoxy groups -OCH3 is 1. The molecule has 0 aliphatic carbocycles. The SMILES string of the molecule is COc1cc(C(=O)CCC(C)(O)c2cc3c(c(-c4ccc(F)c(C)c4)n2)OCC3(C)N)ccc1OCC(C)O. The van der Waals surface area contributed by atoms with Gasteiger partial charge in [-0.15, -0.1) is 0 Å². The van der Waals surface area contributed by atoms with Gasteiger partial charge in [-0.05, 0) is 82.1 Å². The molecule has 0 bridgehead atoms. The number of halogens is 1. The zero-order chi connectivity index (χ0) is 28.5. The van der Waals surface area contributed by atoms with Gasteiger partial charge in [0.05, 0.1) is 24.4 Å². The molecule has 0 saturated carbocycles. The topological polar surface area (TPSA) is 124 Å². The Balaban J connectivity index is 1.60. The molecule has 3 unspecified atom stereocenters. The molecule has 2 heterocycles. The fourth-order valence-electron chi connectivity index (χ4n) is 4.47. The van der Waals surface area contributed by atoms with Crippen LogP contribution in [0.2, 0.25) is 0 Å². The van der Waals surface area contributed by atoms with Crippen molar-refractivity contribution in [2.75, 3.05) is 20.3 Å². The van der Waals surface area contributed by atoms with Crippen molar-refractivity contribution in [3.63, 3.8) is 0 Å². The number of rotatable bonds is 10. The summed E-state index contributed by atoms with van der Waals surface area (Å²) in [6, 6.07) is 11.2. The van der Waals surface area contributed by atoms with Crippen LogP contribution in [0.5, 0.6) is 17.2 Å². The molecule has 9 heteroatoms. The predicted molar refractivity (Wildman–Crippen MR) is 145 cm³/mol. The van der Waals surface area contributed by atoms with Crippen LogP contribution in [0.4, 0.5) is 4.39 Å². The summed E-state index contributed by atoms with van der Waals surface area (Å²) in [6.45, 7) is 7.04.